The Bertz CT molecular complexity index is 482. The standard InChI is InChI=1S/C21H34S2/c1-19-10-4-3-6-15(19)8-9-16-17-7-5-11-20(17,2)21(14-18(16)19)22-12-13-23-21/h15-18H,3-14H2,1-2H3/t15-,16+,17+,18+,19+,20-/m1/s1. The van der Waals surface area contributed by atoms with Crippen molar-refractivity contribution in [2.24, 2.45) is 34.5 Å². The first kappa shape index (κ1) is 15.9. The normalized spacial score (nSPS) is 54.5. The molecule has 1 saturated heterocycles. The van der Waals surface area contributed by atoms with Crippen LogP contribution in [-0.4, -0.2) is 15.6 Å². The van der Waals surface area contributed by atoms with E-state index in [9.17, 15) is 0 Å². The Hall–Kier alpha value is 0.700. The molecule has 0 bridgehead atoms. The van der Waals surface area contributed by atoms with Crippen LogP contribution < -0.4 is 0 Å². The van der Waals surface area contributed by atoms with Crippen molar-refractivity contribution in [3.63, 3.8) is 0 Å². The Balaban J connectivity index is 1.56. The molecule has 1 spiro atoms. The second kappa shape index (κ2) is 5.35. The van der Waals surface area contributed by atoms with Gasteiger partial charge in [0.25, 0.3) is 0 Å². The zero-order valence-electron chi connectivity index (χ0n) is 15.1. The van der Waals surface area contributed by atoms with Crippen LogP contribution in [0.1, 0.15) is 78.1 Å². The maximum Gasteiger partial charge on any atom is 0.0670 e. The molecule has 4 saturated carbocycles. The monoisotopic (exact) mass is 350 g/mol. The Morgan fingerprint density at radius 3 is 2.43 bits per heavy atom. The number of hydrogen-bond donors (Lipinski definition) is 0. The molecule has 0 N–H and O–H groups in total. The van der Waals surface area contributed by atoms with E-state index in [-0.39, 0.29) is 0 Å². The van der Waals surface area contributed by atoms with Crippen LogP contribution in [0.15, 0.2) is 0 Å². The lowest BCUT2D eigenvalue weighted by molar-refractivity contribution is -0.104. The Kier molecular flexibility index (Phi) is 3.70. The summed E-state index contributed by atoms with van der Waals surface area (Å²) in [6.45, 7) is 5.46. The maximum absolute atomic E-state index is 2.74. The molecule has 1 aliphatic heterocycles. The summed E-state index contributed by atoms with van der Waals surface area (Å²) in [7, 11) is 0. The Morgan fingerprint density at radius 2 is 1.61 bits per heavy atom. The summed E-state index contributed by atoms with van der Waals surface area (Å²) in [6.07, 6.45) is 15.5. The van der Waals surface area contributed by atoms with Crippen LogP contribution in [0, 0.1) is 34.5 Å². The Morgan fingerprint density at radius 1 is 0.783 bits per heavy atom. The van der Waals surface area contributed by atoms with Crippen LogP contribution in [0.4, 0.5) is 0 Å². The average molecular weight is 351 g/mol. The highest BCUT2D eigenvalue weighted by atomic mass is 32.2. The fourth-order valence-corrected chi connectivity index (χ4v) is 12.0. The van der Waals surface area contributed by atoms with Gasteiger partial charge < -0.3 is 0 Å². The van der Waals surface area contributed by atoms with Gasteiger partial charge in [-0.25, -0.2) is 0 Å². The van der Waals surface area contributed by atoms with Crippen LogP contribution in [-0.2, 0) is 0 Å². The predicted octanol–water partition coefficient (Wildman–Crippen LogP) is 6.60. The third-order valence-corrected chi connectivity index (χ3v) is 13.3. The minimum atomic E-state index is 0.595. The highest BCUT2D eigenvalue weighted by Gasteiger charge is 2.66. The van der Waals surface area contributed by atoms with Crippen molar-refractivity contribution in [3.8, 4) is 0 Å². The van der Waals surface area contributed by atoms with E-state index >= 15 is 0 Å². The van der Waals surface area contributed by atoms with Crippen molar-refractivity contribution in [2.45, 2.75) is 82.1 Å². The van der Waals surface area contributed by atoms with E-state index < -0.39 is 0 Å². The molecule has 0 aromatic carbocycles. The van der Waals surface area contributed by atoms with Gasteiger partial charge >= 0.3 is 0 Å². The largest absolute Gasteiger partial charge is 0.143 e. The SMILES string of the molecule is C[C@]12CCCC[C@@H]1CC[C@@H]1[C@@H]2CC2(SCCS2)[C@]2(C)CCC[C@@H]12. The van der Waals surface area contributed by atoms with E-state index in [4.69, 9.17) is 0 Å². The smallest absolute Gasteiger partial charge is 0.0670 e. The number of hydrogen-bond acceptors (Lipinski definition) is 2. The predicted molar refractivity (Wildman–Crippen MR) is 104 cm³/mol. The van der Waals surface area contributed by atoms with Gasteiger partial charge in [-0.2, -0.15) is 0 Å². The minimum Gasteiger partial charge on any atom is -0.143 e. The molecule has 2 heteroatoms. The van der Waals surface area contributed by atoms with Crippen molar-refractivity contribution < 1.29 is 0 Å². The highest BCUT2D eigenvalue weighted by Crippen LogP contribution is 2.74. The van der Waals surface area contributed by atoms with Gasteiger partial charge in [0.15, 0.2) is 0 Å². The fourth-order valence-electron chi connectivity index (χ4n) is 8.12. The van der Waals surface area contributed by atoms with Crippen molar-refractivity contribution >= 4 is 23.5 Å². The van der Waals surface area contributed by atoms with E-state index in [1.807, 2.05) is 0 Å². The molecule has 130 valence electrons. The second-order valence-electron chi connectivity index (χ2n) is 9.87. The molecule has 0 aromatic rings. The molecule has 5 fully saturated rings. The lowest BCUT2D eigenvalue weighted by Crippen LogP contribution is -2.59. The van der Waals surface area contributed by atoms with Crippen molar-refractivity contribution in [2.75, 3.05) is 11.5 Å². The highest BCUT2D eigenvalue weighted by molar-refractivity contribution is 8.21. The van der Waals surface area contributed by atoms with E-state index in [1.165, 1.54) is 37.2 Å². The third-order valence-electron chi connectivity index (χ3n) is 9.32. The van der Waals surface area contributed by atoms with Gasteiger partial charge in [0.05, 0.1) is 4.08 Å². The molecule has 1 heterocycles. The molecular formula is C21H34S2. The van der Waals surface area contributed by atoms with Crippen LogP contribution in [0.25, 0.3) is 0 Å². The minimum absolute atomic E-state index is 0.595. The van der Waals surface area contributed by atoms with Gasteiger partial charge in [0.1, 0.15) is 0 Å². The average Bonchev–Trinajstić information content (AvgIpc) is 3.17. The summed E-state index contributed by atoms with van der Waals surface area (Å²) in [5.74, 6) is 7.09. The van der Waals surface area contributed by atoms with Gasteiger partial charge in [-0.1, -0.05) is 33.1 Å². The fraction of sp³-hybridized carbons (Fsp3) is 1.00. The molecular weight excluding hydrogens is 316 g/mol. The summed E-state index contributed by atoms with van der Waals surface area (Å²) in [5, 5.41) is 0. The number of thioether (sulfide) groups is 2. The summed E-state index contributed by atoms with van der Waals surface area (Å²) >= 11 is 4.80. The van der Waals surface area contributed by atoms with Gasteiger partial charge in [-0.3, -0.25) is 0 Å². The topological polar surface area (TPSA) is 0 Å². The lowest BCUT2D eigenvalue weighted by Gasteiger charge is -2.64. The maximum atomic E-state index is 2.74. The quantitative estimate of drug-likeness (QED) is 0.483. The summed E-state index contributed by atoms with van der Waals surface area (Å²) in [6, 6.07) is 0. The molecule has 0 nitrogen and oxygen atoms in total. The van der Waals surface area contributed by atoms with Crippen LogP contribution in [0.2, 0.25) is 0 Å². The first-order chi connectivity index (χ1) is 11.1. The van der Waals surface area contributed by atoms with Crippen molar-refractivity contribution in [3.05, 3.63) is 0 Å². The van der Waals surface area contributed by atoms with Crippen molar-refractivity contribution in [1.29, 1.82) is 0 Å². The van der Waals surface area contributed by atoms with Gasteiger partial charge in [-0.15, -0.1) is 23.5 Å². The second-order valence-corrected chi connectivity index (χ2v) is 12.9. The first-order valence-corrected chi connectivity index (χ1v) is 12.3. The van der Waals surface area contributed by atoms with E-state index in [1.54, 1.807) is 38.5 Å². The summed E-state index contributed by atoms with van der Waals surface area (Å²) < 4.78 is 0.595. The van der Waals surface area contributed by atoms with Gasteiger partial charge in [0.2, 0.25) is 0 Å². The molecule has 4 aliphatic carbocycles. The van der Waals surface area contributed by atoms with Gasteiger partial charge in [-0.05, 0) is 79.4 Å². The summed E-state index contributed by atoms with van der Waals surface area (Å²) in [4.78, 5) is 0. The molecule has 23 heavy (non-hydrogen) atoms. The first-order valence-electron chi connectivity index (χ1n) is 10.4. The number of rotatable bonds is 0. The third kappa shape index (κ3) is 2.00. The molecule has 0 unspecified atom stereocenters. The zero-order valence-corrected chi connectivity index (χ0v) is 16.7. The van der Waals surface area contributed by atoms with Crippen LogP contribution in [0.3, 0.4) is 0 Å². The zero-order chi connectivity index (χ0) is 15.7. The Labute approximate surface area is 151 Å². The molecule has 5 aliphatic rings. The van der Waals surface area contributed by atoms with Crippen LogP contribution >= 0.6 is 23.5 Å². The number of fused-ring (bicyclic) bond motifs is 6. The van der Waals surface area contributed by atoms with Gasteiger partial charge in [0, 0.05) is 11.5 Å². The van der Waals surface area contributed by atoms with E-state index in [0.717, 1.165) is 23.7 Å². The molecule has 0 aromatic heterocycles. The molecule has 5 rings (SSSR count). The van der Waals surface area contributed by atoms with Crippen molar-refractivity contribution in [1.82, 2.24) is 0 Å². The summed E-state index contributed by atoms with van der Waals surface area (Å²) in [5.41, 5.74) is 1.35. The molecule has 0 radical (unpaired) electrons. The lowest BCUT2D eigenvalue weighted by atomic mass is 9.45. The molecule has 6 atom stereocenters. The van der Waals surface area contributed by atoms with E-state index in [2.05, 4.69) is 37.4 Å². The van der Waals surface area contributed by atoms with Crippen LogP contribution in [0.5, 0.6) is 0 Å². The molecule has 0 amide bonds. The van der Waals surface area contributed by atoms with E-state index in [0.29, 0.717) is 14.9 Å².